The number of hydrogen-bond acceptors (Lipinski definition) is 3. The molecule has 0 aromatic heterocycles. The summed E-state index contributed by atoms with van der Waals surface area (Å²) in [5.41, 5.74) is 0.378. The normalized spacial score (nSPS) is 25.8. The van der Waals surface area contributed by atoms with Crippen molar-refractivity contribution in [2.75, 3.05) is 39.9 Å². The molecule has 1 heterocycles. The minimum absolute atomic E-state index is 0.378. The first-order valence-corrected chi connectivity index (χ1v) is 7.16. The molecular weight excluding hydrogens is 212 g/mol. The first kappa shape index (κ1) is 13.3. The van der Waals surface area contributed by atoms with Crippen LogP contribution in [0.4, 0.5) is 0 Å². The second-order valence-corrected chi connectivity index (χ2v) is 6.13. The van der Waals surface area contributed by atoms with Gasteiger partial charge in [-0.1, -0.05) is 6.92 Å². The van der Waals surface area contributed by atoms with Crippen molar-refractivity contribution < 1.29 is 4.74 Å². The van der Waals surface area contributed by atoms with Gasteiger partial charge < -0.3 is 15.4 Å². The molecule has 2 aliphatic rings. The van der Waals surface area contributed by atoms with Gasteiger partial charge in [0.2, 0.25) is 0 Å². The van der Waals surface area contributed by atoms with Crippen molar-refractivity contribution in [2.45, 2.75) is 32.6 Å². The molecule has 1 aliphatic heterocycles. The van der Waals surface area contributed by atoms with E-state index in [2.05, 4.69) is 17.6 Å². The molecule has 3 heteroatoms. The lowest BCUT2D eigenvalue weighted by Crippen LogP contribution is -2.46. The lowest BCUT2D eigenvalue weighted by molar-refractivity contribution is 0.0529. The Kier molecular flexibility index (Phi) is 4.83. The number of ether oxygens (including phenoxy) is 1. The first-order chi connectivity index (χ1) is 8.26. The van der Waals surface area contributed by atoms with Crippen LogP contribution in [0.25, 0.3) is 0 Å². The molecule has 17 heavy (non-hydrogen) atoms. The summed E-state index contributed by atoms with van der Waals surface area (Å²) in [5, 5.41) is 7.14. The number of methoxy groups -OCH3 is 1. The predicted molar refractivity (Wildman–Crippen MR) is 71.2 cm³/mol. The van der Waals surface area contributed by atoms with Gasteiger partial charge in [-0.2, -0.15) is 0 Å². The summed E-state index contributed by atoms with van der Waals surface area (Å²) in [4.78, 5) is 0. The van der Waals surface area contributed by atoms with Gasteiger partial charge in [0.25, 0.3) is 0 Å². The van der Waals surface area contributed by atoms with Crippen LogP contribution in [0.1, 0.15) is 32.6 Å². The number of nitrogens with one attached hydrogen (secondary N) is 2. The summed E-state index contributed by atoms with van der Waals surface area (Å²) in [7, 11) is 1.83. The van der Waals surface area contributed by atoms with Crippen molar-refractivity contribution in [3.05, 3.63) is 0 Å². The van der Waals surface area contributed by atoms with Gasteiger partial charge in [-0.05, 0) is 57.2 Å². The number of piperidine rings is 1. The molecule has 0 bridgehead atoms. The second kappa shape index (κ2) is 6.17. The SMILES string of the molecule is COCC1(CNCC(C)C2CC2)CCNCC1. The van der Waals surface area contributed by atoms with Crippen LogP contribution in [0, 0.1) is 17.3 Å². The van der Waals surface area contributed by atoms with E-state index in [1.165, 1.54) is 32.2 Å². The monoisotopic (exact) mass is 240 g/mol. The summed E-state index contributed by atoms with van der Waals surface area (Å²) < 4.78 is 5.43. The fourth-order valence-corrected chi connectivity index (χ4v) is 3.03. The average Bonchev–Trinajstić information content (AvgIpc) is 3.14. The van der Waals surface area contributed by atoms with Gasteiger partial charge in [0, 0.05) is 19.1 Å². The molecule has 1 atom stereocenters. The third-order valence-corrected chi connectivity index (χ3v) is 4.51. The second-order valence-electron chi connectivity index (χ2n) is 6.13. The third kappa shape index (κ3) is 3.94. The topological polar surface area (TPSA) is 33.3 Å². The zero-order valence-corrected chi connectivity index (χ0v) is 11.4. The largest absolute Gasteiger partial charge is 0.384 e. The van der Waals surface area contributed by atoms with Crippen LogP contribution in [0.15, 0.2) is 0 Å². The summed E-state index contributed by atoms with van der Waals surface area (Å²) in [6, 6.07) is 0. The van der Waals surface area contributed by atoms with Crippen molar-refractivity contribution in [1.82, 2.24) is 10.6 Å². The maximum atomic E-state index is 5.43. The van der Waals surface area contributed by atoms with E-state index in [0.29, 0.717) is 5.41 Å². The van der Waals surface area contributed by atoms with Crippen LogP contribution in [0.5, 0.6) is 0 Å². The van der Waals surface area contributed by atoms with E-state index in [1.807, 2.05) is 7.11 Å². The van der Waals surface area contributed by atoms with Crippen LogP contribution in [-0.4, -0.2) is 39.9 Å². The van der Waals surface area contributed by atoms with E-state index in [0.717, 1.165) is 38.1 Å². The summed E-state index contributed by atoms with van der Waals surface area (Å²) >= 11 is 0. The first-order valence-electron chi connectivity index (χ1n) is 7.16. The zero-order valence-electron chi connectivity index (χ0n) is 11.4. The van der Waals surface area contributed by atoms with Gasteiger partial charge in [0.05, 0.1) is 6.61 Å². The molecule has 1 unspecified atom stereocenters. The molecule has 0 amide bonds. The highest BCUT2D eigenvalue weighted by molar-refractivity contribution is 4.87. The van der Waals surface area contributed by atoms with E-state index < -0.39 is 0 Å². The van der Waals surface area contributed by atoms with E-state index in [4.69, 9.17) is 4.74 Å². The number of hydrogen-bond donors (Lipinski definition) is 2. The Morgan fingerprint density at radius 3 is 2.65 bits per heavy atom. The molecule has 1 saturated heterocycles. The molecular formula is C14H28N2O. The Morgan fingerprint density at radius 2 is 2.06 bits per heavy atom. The van der Waals surface area contributed by atoms with Crippen molar-refractivity contribution in [3.8, 4) is 0 Å². The fraction of sp³-hybridized carbons (Fsp3) is 1.00. The molecule has 1 aliphatic carbocycles. The van der Waals surface area contributed by atoms with Gasteiger partial charge in [-0.15, -0.1) is 0 Å². The molecule has 1 saturated carbocycles. The van der Waals surface area contributed by atoms with Crippen LogP contribution >= 0.6 is 0 Å². The van der Waals surface area contributed by atoms with E-state index in [1.54, 1.807) is 0 Å². The summed E-state index contributed by atoms with van der Waals surface area (Å²) in [6.07, 6.45) is 5.39. The zero-order chi connectivity index (χ0) is 12.1. The average molecular weight is 240 g/mol. The van der Waals surface area contributed by atoms with E-state index in [9.17, 15) is 0 Å². The Bertz CT molecular complexity index is 217. The standard InChI is InChI=1S/C14H28N2O/c1-12(13-3-4-13)9-16-10-14(11-17-2)5-7-15-8-6-14/h12-13,15-16H,3-11H2,1-2H3. The van der Waals surface area contributed by atoms with E-state index in [-0.39, 0.29) is 0 Å². The van der Waals surface area contributed by atoms with Crippen molar-refractivity contribution in [2.24, 2.45) is 17.3 Å². The Morgan fingerprint density at radius 1 is 1.35 bits per heavy atom. The van der Waals surface area contributed by atoms with Crippen molar-refractivity contribution in [3.63, 3.8) is 0 Å². The van der Waals surface area contributed by atoms with E-state index >= 15 is 0 Å². The maximum Gasteiger partial charge on any atom is 0.0531 e. The fourth-order valence-electron chi connectivity index (χ4n) is 3.03. The van der Waals surface area contributed by atoms with Gasteiger partial charge >= 0.3 is 0 Å². The van der Waals surface area contributed by atoms with Crippen LogP contribution in [0.3, 0.4) is 0 Å². The van der Waals surface area contributed by atoms with Crippen molar-refractivity contribution in [1.29, 1.82) is 0 Å². The molecule has 2 N–H and O–H groups in total. The lowest BCUT2D eigenvalue weighted by Gasteiger charge is -2.37. The Hall–Kier alpha value is -0.120. The molecule has 100 valence electrons. The molecule has 0 radical (unpaired) electrons. The minimum atomic E-state index is 0.378. The highest BCUT2D eigenvalue weighted by Crippen LogP contribution is 2.36. The predicted octanol–water partition coefficient (Wildman–Crippen LogP) is 1.64. The highest BCUT2D eigenvalue weighted by Gasteiger charge is 2.32. The molecule has 2 fully saturated rings. The Balaban J connectivity index is 1.72. The van der Waals surface area contributed by atoms with Crippen molar-refractivity contribution >= 4 is 0 Å². The minimum Gasteiger partial charge on any atom is -0.384 e. The molecule has 3 nitrogen and oxygen atoms in total. The molecule has 0 aromatic carbocycles. The smallest absolute Gasteiger partial charge is 0.0531 e. The molecule has 0 spiro atoms. The van der Waals surface area contributed by atoms with Crippen LogP contribution in [-0.2, 0) is 4.74 Å². The third-order valence-electron chi connectivity index (χ3n) is 4.51. The quantitative estimate of drug-likeness (QED) is 0.710. The van der Waals surface area contributed by atoms with Crippen LogP contribution < -0.4 is 10.6 Å². The highest BCUT2D eigenvalue weighted by atomic mass is 16.5. The Labute approximate surface area is 106 Å². The summed E-state index contributed by atoms with van der Waals surface area (Å²) in [5.74, 6) is 1.87. The lowest BCUT2D eigenvalue weighted by atomic mass is 9.79. The van der Waals surface area contributed by atoms with Gasteiger partial charge in [0.1, 0.15) is 0 Å². The number of rotatable bonds is 7. The van der Waals surface area contributed by atoms with Gasteiger partial charge in [-0.25, -0.2) is 0 Å². The van der Waals surface area contributed by atoms with Gasteiger partial charge in [0.15, 0.2) is 0 Å². The summed E-state index contributed by atoms with van der Waals surface area (Å²) in [6.45, 7) is 7.88. The maximum absolute atomic E-state index is 5.43. The molecule has 0 aromatic rings. The van der Waals surface area contributed by atoms with Gasteiger partial charge in [-0.3, -0.25) is 0 Å². The van der Waals surface area contributed by atoms with Crippen LogP contribution in [0.2, 0.25) is 0 Å². The molecule has 2 rings (SSSR count).